The second kappa shape index (κ2) is 6.36. The number of furan rings is 1. The molecule has 2 aliphatic rings. The van der Waals surface area contributed by atoms with Gasteiger partial charge in [0.1, 0.15) is 11.3 Å². The summed E-state index contributed by atoms with van der Waals surface area (Å²) in [7, 11) is -3.63. The number of hydrogen-bond donors (Lipinski definition) is 0. The van der Waals surface area contributed by atoms with Crippen LogP contribution < -0.4 is 0 Å². The third-order valence-electron chi connectivity index (χ3n) is 5.78. The van der Waals surface area contributed by atoms with Crippen LogP contribution in [0.15, 0.2) is 56.7 Å². The van der Waals surface area contributed by atoms with Crippen LogP contribution in [-0.4, -0.2) is 26.4 Å². The number of hydrogen-bond acceptors (Lipinski definition) is 4. The number of nitrogens with zero attached hydrogens (tertiary/aromatic N) is 1. The quantitative estimate of drug-likeness (QED) is 0.606. The molecule has 0 bridgehead atoms. The van der Waals surface area contributed by atoms with Crippen LogP contribution in [0.3, 0.4) is 0 Å². The lowest BCUT2D eigenvalue weighted by atomic mass is 9.91. The highest BCUT2D eigenvalue weighted by atomic mass is 35.5. The molecular formula is C21H20ClNO3S. The van der Waals surface area contributed by atoms with Crippen LogP contribution >= 0.6 is 11.6 Å². The van der Waals surface area contributed by atoms with E-state index in [9.17, 15) is 8.42 Å². The fourth-order valence-corrected chi connectivity index (χ4v) is 6.00. The minimum atomic E-state index is -3.63. The number of piperidine rings is 1. The predicted molar refractivity (Wildman–Crippen MR) is 105 cm³/mol. The van der Waals surface area contributed by atoms with Gasteiger partial charge >= 0.3 is 0 Å². The summed E-state index contributed by atoms with van der Waals surface area (Å²) in [5.74, 6) is 1.04. The van der Waals surface area contributed by atoms with E-state index < -0.39 is 9.84 Å². The van der Waals surface area contributed by atoms with Crippen molar-refractivity contribution in [2.45, 2.75) is 41.5 Å². The number of fused-ring (bicyclic) bond motifs is 5. The number of rotatable bonds is 2. The summed E-state index contributed by atoms with van der Waals surface area (Å²) >= 11 is 5.98. The molecule has 3 heterocycles. The highest BCUT2D eigenvalue weighted by molar-refractivity contribution is 7.91. The lowest BCUT2D eigenvalue weighted by Gasteiger charge is -2.38. The molecule has 5 rings (SSSR count). The monoisotopic (exact) mass is 401 g/mol. The number of benzene rings is 2. The molecule has 0 spiro atoms. The molecule has 6 heteroatoms. The first-order chi connectivity index (χ1) is 13.0. The maximum Gasteiger partial charge on any atom is 0.206 e. The Morgan fingerprint density at radius 1 is 1.04 bits per heavy atom. The first kappa shape index (κ1) is 17.3. The van der Waals surface area contributed by atoms with Gasteiger partial charge in [-0.05, 0) is 56.1 Å². The molecule has 4 nitrogen and oxygen atoms in total. The Labute approximate surface area is 163 Å². The Balaban J connectivity index is 1.61. The molecule has 140 valence electrons. The van der Waals surface area contributed by atoms with Gasteiger partial charge in [-0.1, -0.05) is 24.1 Å². The molecule has 3 aromatic rings. The van der Waals surface area contributed by atoms with Gasteiger partial charge in [0.25, 0.3) is 0 Å². The topological polar surface area (TPSA) is 50.5 Å². The van der Waals surface area contributed by atoms with Crippen LogP contribution in [-0.2, 0) is 16.3 Å². The van der Waals surface area contributed by atoms with Crippen LogP contribution in [0.2, 0.25) is 5.02 Å². The third-order valence-corrected chi connectivity index (χ3v) is 7.76. The fraction of sp³-hybridized carbons (Fsp3) is 0.333. The van der Waals surface area contributed by atoms with E-state index in [-0.39, 0.29) is 9.79 Å². The van der Waals surface area contributed by atoms with Crippen molar-refractivity contribution >= 4 is 32.4 Å². The average molecular weight is 402 g/mol. The van der Waals surface area contributed by atoms with Crippen molar-refractivity contribution < 1.29 is 12.8 Å². The number of halogens is 1. The summed E-state index contributed by atoms with van der Waals surface area (Å²) in [6.07, 6.45) is 4.53. The summed E-state index contributed by atoms with van der Waals surface area (Å²) in [4.78, 5) is 2.94. The maximum absolute atomic E-state index is 13.0. The van der Waals surface area contributed by atoms with Crippen molar-refractivity contribution in [3.05, 3.63) is 58.8 Å². The van der Waals surface area contributed by atoms with Gasteiger partial charge in [-0.3, -0.25) is 4.90 Å². The van der Waals surface area contributed by atoms with Crippen LogP contribution in [0.4, 0.5) is 0 Å². The third kappa shape index (κ3) is 2.80. The van der Waals surface area contributed by atoms with Crippen LogP contribution in [0.5, 0.6) is 0 Å². The second-order valence-electron chi connectivity index (χ2n) is 7.36. The van der Waals surface area contributed by atoms with Gasteiger partial charge in [-0.15, -0.1) is 0 Å². The van der Waals surface area contributed by atoms with Crippen LogP contribution in [0, 0.1) is 0 Å². The van der Waals surface area contributed by atoms with Gasteiger partial charge in [0.2, 0.25) is 9.84 Å². The van der Waals surface area contributed by atoms with Crippen molar-refractivity contribution in [1.82, 2.24) is 4.90 Å². The molecule has 0 amide bonds. The van der Waals surface area contributed by atoms with Crippen molar-refractivity contribution in [2.24, 2.45) is 0 Å². The van der Waals surface area contributed by atoms with Gasteiger partial charge in [-0.2, -0.15) is 0 Å². The van der Waals surface area contributed by atoms with Crippen molar-refractivity contribution in [3.63, 3.8) is 0 Å². The molecule has 2 aromatic carbocycles. The summed E-state index contributed by atoms with van der Waals surface area (Å²) in [6, 6.07) is 11.9. The molecule has 0 N–H and O–H groups in total. The van der Waals surface area contributed by atoms with E-state index in [1.165, 1.54) is 24.5 Å². The van der Waals surface area contributed by atoms with E-state index >= 15 is 0 Å². The minimum Gasteiger partial charge on any atom is -0.459 e. The SMILES string of the molecule is O=S(=O)(c1cccc(Cl)c1)c1ccc2c3c(oc2c1)C1CCCCN1CC3. The normalized spacial score (nSPS) is 20.4. The molecule has 27 heavy (non-hydrogen) atoms. The standard InChI is InChI=1S/C21H20ClNO3S/c22-14-4-3-5-15(12-14)27(24,25)16-7-8-17-18-9-11-23-10-2-1-6-19(23)21(18)26-20(17)13-16/h3-5,7-8,12-13,19H,1-2,6,9-11H2. The molecular weight excluding hydrogens is 382 g/mol. The zero-order valence-electron chi connectivity index (χ0n) is 14.8. The molecule has 0 aliphatic carbocycles. The predicted octanol–water partition coefficient (Wildman–Crippen LogP) is 5.00. The molecule has 1 aromatic heterocycles. The van der Waals surface area contributed by atoms with Crippen molar-refractivity contribution in [3.8, 4) is 0 Å². The van der Waals surface area contributed by atoms with Crippen LogP contribution in [0.1, 0.15) is 36.6 Å². The zero-order valence-corrected chi connectivity index (χ0v) is 16.4. The highest BCUT2D eigenvalue weighted by Crippen LogP contribution is 2.42. The Kier molecular flexibility index (Phi) is 4.08. The summed E-state index contributed by atoms with van der Waals surface area (Å²) < 4.78 is 32.2. The Hall–Kier alpha value is -1.82. The van der Waals surface area contributed by atoms with Crippen molar-refractivity contribution in [2.75, 3.05) is 13.1 Å². The average Bonchev–Trinajstić information content (AvgIpc) is 3.06. The lowest BCUT2D eigenvalue weighted by Crippen LogP contribution is -2.38. The molecule has 1 atom stereocenters. The smallest absolute Gasteiger partial charge is 0.206 e. The Morgan fingerprint density at radius 2 is 1.89 bits per heavy atom. The van der Waals surface area contributed by atoms with E-state index in [1.807, 2.05) is 6.07 Å². The molecule has 1 saturated heterocycles. The zero-order chi connectivity index (χ0) is 18.6. The maximum atomic E-state index is 13.0. The van der Waals surface area contributed by atoms with Gasteiger partial charge in [0, 0.05) is 28.6 Å². The Morgan fingerprint density at radius 3 is 2.74 bits per heavy atom. The first-order valence-corrected chi connectivity index (χ1v) is 11.2. The molecule has 2 aliphatic heterocycles. The van der Waals surface area contributed by atoms with Crippen LogP contribution in [0.25, 0.3) is 11.0 Å². The van der Waals surface area contributed by atoms with Gasteiger partial charge < -0.3 is 4.42 Å². The summed E-state index contributed by atoms with van der Waals surface area (Å²) in [5.41, 5.74) is 1.91. The van der Waals surface area contributed by atoms with E-state index in [2.05, 4.69) is 4.90 Å². The van der Waals surface area contributed by atoms with Gasteiger partial charge in [-0.25, -0.2) is 8.42 Å². The number of sulfone groups is 1. The van der Waals surface area contributed by atoms with E-state index in [0.29, 0.717) is 16.6 Å². The fourth-order valence-electron chi connectivity index (χ4n) is 4.42. The molecule has 0 radical (unpaired) electrons. The summed E-state index contributed by atoms with van der Waals surface area (Å²) in [6.45, 7) is 2.17. The lowest BCUT2D eigenvalue weighted by molar-refractivity contribution is 0.120. The minimum absolute atomic E-state index is 0.198. The second-order valence-corrected chi connectivity index (χ2v) is 9.75. The summed E-state index contributed by atoms with van der Waals surface area (Å²) in [5, 5.41) is 1.45. The Bertz CT molecular complexity index is 1140. The molecule has 0 saturated carbocycles. The van der Waals surface area contributed by atoms with Gasteiger partial charge in [0.15, 0.2) is 0 Å². The van der Waals surface area contributed by atoms with E-state index in [0.717, 1.165) is 37.1 Å². The molecule has 1 fully saturated rings. The highest BCUT2D eigenvalue weighted by Gasteiger charge is 2.34. The largest absolute Gasteiger partial charge is 0.459 e. The van der Waals surface area contributed by atoms with Gasteiger partial charge in [0.05, 0.1) is 15.8 Å². The molecule has 1 unspecified atom stereocenters. The van der Waals surface area contributed by atoms with E-state index in [1.54, 1.807) is 30.3 Å². The van der Waals surface area contributed by atoms with E-state index in [4.69, 9.17) is 16.0 Å². The van der Waals surface area contributed by atoms with Crippen molar-refractivity contribution in [1.29, 1.82) is 0 Å². The first-order valence-electron chi connectivity index (χ1n) is 9.34.